The van der Waals surface area contributed by atoms with Crippen molar-refractivity contribution in [2.45, 2.75) is 6.54 Å². The van der Waals surface area contributed by atoms with Crippen molar-refractivity contribution < 1.29 is 13.6 Å². The normalized spacial score (nSPS) is 14.6. The SMILES string of the molecule is CN1CCN(C(=O)Cn2ncc3cc(-n4cc(-c5cc6cc(F)c(F)cc6[nH]c5=O)nn4)ccc32)CC1. The Kier molecular flexibility index (Phi) is 5.52. The lowest BCUT2D eigenvalue weighted by molar-refractivity contribution is -0.133. The van der Waals surface area contributed by atoms with E-state index in [1.54, 1.807) is 17.1 Å². The largest absolute Gasteiger partial charge is 0.339 e. The second-order valence-electron chi connectivity index (χ2n) is 9.14. The maximum Gasteiger partial charge on any atom is 0.258 e. The number of amides is 1. The fourth-order valence-corrected chi connectivity index (χ4v) is 4.53. The van der Waals surface area contributed by atoms with E-state index >= 15 is 0 Å². The number of benzene rings is 2. The monoisotopic (exact) mass is 504 g/mol. The zero-order chi connectivity index (χ0) is 25.7. The lowest BCUT2D eigenvalue weighted by Gasteiger charge is -2.32. The number of aromatic amines is 1. The number of hydrogen-bond donors (Lipinski definition) is 1. The predicted molar refractivity (Wildman–Crippen MR) is 132 cm³/mol. The van der Waals surface area contributed by atoms with Gasteiger partial charge in [-0.25, -0.2) is 13.5 Å². The number of carbonyl (C=O) groups is 1. The molecule has 0 bridgehead atoms. The van der Waals surface area contributed by atoms with Crippen LogP contribution in [0, 0.1) is 11.6 Å². The first-order valence-electron chi connectivity index (χ1n) is 11.7. The van der Waals surface area contributed by atoms with Crippen molar-refractivity contribution in [3.8, 4) is 16.9 Å². The van der Waals surface area contributed by atoms with Crippen molar-refractivity contribution in [1.82, 2.24) is 39.6 Å². The van der Waals surface area contributed by atoms with Crippen LogP contribution in [0.1, 0.15) is 0 Å². The number of rotatable bonds is 4. The van der Waals surface area contributed by atoms with Crippen molar-refractivity contribution in [2.24, 2.45) is 0 Å². The quantitative estimate of drug-likeness (QED) is 0.402. The van der Waals surface area contributed by atoms with E-state index < -0.39 is 17.2 Å². The van der Waals surface area contributed by atoms with Gasteiger partial charge in [0, 0.05) is 43.0 Å². The number of hydrogen-bond acceptors (Lipinski definition) is 6. The highest BCUT2D eigenvalue weighted by molar-refractivity contribution is 5.84. The zero-order valence-electron chi connectivity index (χ0n) is 19.9. The van der Waals surface area contributed by atoms with Gasteiger partial charge in [0.25, 0.3) is 5.56 Å². The number of pyridine rings is 1. The number of halogens is 2. The molecule has 0 atom stereocenters. The van der Waals surface area contributed by atoms with Crippen molar-refractivity contribution in [3.05, 3.63) is 70.8 Å². The molecule has 2 aromatic carbocycles. The van der Waals surface area contributed by atoms with Gasteiger partial charge in [0.1, 0.15) is 12.2 Å². The molecule has 37 heavy (non-hydrogen) atoms. The summed E-state index contributed by atoms with van der Waals surface area (Å²) in [5, 5.41) is 13.8. The summed E-state index contributed by atoms with van der Waals surface area (Å²) in [7, 11) is 2.04. The topological polar surface area (TPSA) is 105 Å². The molecule has 10 nitrogen and oxygen atoms in total. The number of nitrogens with zero attached hydrogens (tertiary/aromatic N) is 7. The first-order chi connectivity index (χ1) is 17.9. The minimum atomic E-state index is -1.04. The Labute approximate surface area is 208 Å². The maximum atomic E-state index is 13.7. The van der Waals surface area contributed by atoms with Crippen molar-refractivity contribution >= 4 is 27.7 Å². The van der Waals surface area contributed by atoms with Gasteiger partial charge < -0.3 is 14.8 Å². The second-order valence-corrected chi connectivity index (χ2v) is 9.14. The third-order valence-corrected chi connectivity index (χ3v) is 6.69. The summed E-state index contributed by atoms with van der Waals surface area (Å²) in [4.78, 5) is 31.9. The Morgan fingerprint density at radius 2 is 1.81 bits per heavy atom. The fraction of sp³-hybridized carbons (Fsp3) is 0.240. The molecule has 1 N–H and O–H groups in total. The van der Waals surface area contributed by atoms with E-state index in [0.717, 1.165) is 36.1 Å². The van der Waals surface area contributed by atoms with Crippen LogP contribution in [0.25, 0.3) is 38.8 Å². The smallest absolute Gasteiger partial charge is 0.258 e. The van der Waals surface area contributed by atoms with Crippen LogP contribution < -0.4 is 5.56 Å². The van der Waals surface area contributed by atoms with Crippen molar-refractivity contribution in [3.63, 3.8) is 0 Å². The van der Waals surface area contributed by atoms with E-state index in [-0.39, 0.29) is 29.2 Å². The van der Waals surface area contributed by atoms with Gasteiger partial charge in [-0.1, -0.05) is 5.21 Å². The van der Waals surface area contributed by atoms with Gasteiger partial charge in [-0.3, -0.25) is 14.3 Å². The summed E-state index contributed by atoms with van der Waals surface area (Å²) in [6.45, 7) is 3.29. The van der Waals surface area contributed by atoms with Gasteiger partial charge in [-0.05, 0) is 37.4 Å². The molecule has 5 aromatic rings. The Hall–Kier alpha value is -4.45. The summed E-state index contributed by atoms with van der Waals surface area (Å²) >= 11 is 0. The molecule has 1 amide bonds. The lowest BCUT2D eigenvalue weighted by atomic mass is 10.1. The number of nitrogens with one attached hydrogen (secondary N) is 1. The van der Waals surface area contributed by atoms with Crippen LogP contribution in [0.3, 0.4) is 0 Å². The summed E-state index contributed by atoms with van der Waals surface area (Å²) < 4.78 is 30.4. The van der Waals surface area contributed by atoms with E-state index in [4.69, 9.17) is 0 Å². The molecule has 0 spiro atoms. The van der Waals surface area contributed by atoms with Crippen molar-refractivity contribution in [1.29, 1.82) is 0 Å². The number of fused-ring (bicyclic) bond motifs is 2. The lowest BCUT2D eigenvalue weighted by Crippen LogP contribution is -2.48. The molecular weight excluding hydrogens is 482 g/mol. The average Bonchev–Trinajstić information content (AvgIpc) is 3.52. The van der Waals surface area contributed by atoms with Gasteiger partial charge in [0.05, 0.1) is 34.7 Å². The van der Waals surface area contributed by atoms with Gasteiger partial charge in [0.15, 0.2) is 11.6 Å². The van der Waals surface area contributed by atoms with Crippen LogP contribution in [0.5, 0.6) is 0 Å². The van der Waals surface area contributed by atoms with E-state index in [2.05, 4.69) is 25.3 Å². The Bertz CT molecular complexity index is 1720. The Morgan fingerprint density at radius 3 is 2.62 bits per heavy atom. The predicted octanol–water partition coefficient (Wildman–Crippen LogP) is 2.18. The second kappa shape index (κ2) is 8.89. The molecule has 1 fully saturated rings. The van der Waals surface area contributed by atoms with Crippen LogP contribution in [0.4, 0.5) is 8.78 Å². The number of carbonyl (C=O) groups excluding carboxylic acids is 1. The van der Waals surface area contributed by atoms with Crippen LogP contribution in [-0.2, 0) is 11.3 Å². The van der Waals surface area contributed by atoms with E-state index in [1.807, 2.05) is 30.1 Å². The highest BCUT2D eigenvalue weighted by atomic mass is 19.2. The molecule has 1 aliphatic rings. The van der Waals surface area contributed by atoms with Crippen LogP contribution in [0.2, 0.25) is 0 Å². The van der Waals surface area contributed by atoms with E-state index in [1.165, 1.54) is 10.7 Å². The average molecular weight is 505 g/mol. The highest BCUT2D eigenvalue weighted by Gasteiger charge is 2.20. The number of piperazine rings is 1. The standard InChI is InChI=1S/C25H22F2N8O2/c1-32-4-6-33(7-5-32)24(36)14-35-23-3-2-17(8-16(23)12-28-35)34-13-22(30-31-34)18-9-15-10-19(26)20(27)11-21(15)29-25(18)37/h2-3,8-13H,4-7,14H2,1H3,(H,29,37). The van der Waals surface area contributed by atoms with Crippen LogP contribution >= 0.6 is 0 Å². The van der Waals surface area contributed by atoms with Gasteiger partial charge in [-0.2, -0.15) is 5.10 Å². The van der Waals surface area contributed by atoms with Crippen LogP contribution in [0.15, 0.2) is 53.6 Å². The van der Waals surface area contributed by atoms with E-state index in [9.17, 15) is 18.4 Å². The summed E-state index contributed by atoms with van der Waals surface area (Å²) in [6.07, 6.45) is 3.27. The Balaban J connectivity index is 1.26. The summed E-state index contributed by atoms with van der Waals surface area (Å²) in [6, 6.07) is 8.96. The van der Waals surface area contributed by atoms with E-state index in [0.29, 0.717) is 24.2 Å². The summed E-state index contributed by atoms with van der Waals surface area (Å²) in [5.41, 5.74) is 1.65. The molecule has 4 heterocycles. The molecular formula is C25H22F2N8O2. The van der Waals surface area contributed by atoms with Gasteiger partial charge >= 0.3 is 0 Å². The molecule has 0 aliphatic carbocycles. The first-order valence-corrected chi connectivity index (χ1v) is 11.7. The zero-order valence-corrected chi connectivity index (χ0v) is 19.9. The molecule has 0 saturated carbocycles. The third-order valence-electron chi connectivity index (χ3n) is 6.69. The van der Waals surface area contributed by atoms with Crippen LogP contribution in [-0.4, -0.2) is 78.7 Å². The minimum Gasteiger partial charge on any atom is -0.339 e. The number of aromatic nitrogens is 6. The molecule has 6 rings (SSSR count). The minimum absolute atomic E-state index is 0.0336. The highest BCUT2D eigenvalue weighted by Crippen LogP contribution is 2.23. The fourth-order valence-electron chi connectivity index (χ4n) is 4.53. The van der Waals surface area contributed by atoms with Gasteiger partial charge in [0.2, 0.25) is 5.91 Å². The maximum absolute atomic E-state index is 13.7. The third kappa shape index (κ3) is 4.25. The Morgan fingerprint density at radius 1 is 1.03 bits per heavy atom. The molecule has 12 heteroatoms. The molecule has 1 saturated heterocycles. The van der Waals surface area contributed by atoms with Crippen molar-refractivity contribution in [2.75, 3.05) is 33.2 Å². The molecule has 1 aliphatic heterocycles. The molecule has 0 unspecified atom stereocenters. The molecule has 3 aromatic heterocycles. The summed E-state index contributed by atoms with van der Waals surface area (Å²) in [5.74, 6) is -2.01. The number of H-pyrrole nitrogens is 1. The molecule has 0 radical (unpaired) electrons. The first kappa shape index (κ1) is 23.0. The van der Waals surface area contributed by atoms with Gasteiger partial charge in [-0.15, -0.1) is 5.10 Å². The number of likely N-dealkylation sites (N-methyl/N-ethyl adjacent to an activating group) is 1. The molecule has 188 valence electrons.